The van der Waals surface area contributed by atoms with E-state index in [-0.39, 0.29) is 6.09 Å². The lowest BCUT2D eigenvalue weighted by atomic mass is 10.1. The molecule has 2 atom stereocenters. The summed E-state index contributed by atoms with van der Waals surface area (Å²) in [6.07, 6.45) is 7.26. The van der Waals surface area contributed by atoms with Crippen molar-refractivity contribution in [3.63, 3.8) is 0 Å². The van der Waals surface area contributed by atoms with E-state index >= 15 is 0 Å². The molecule has 1 aromatic carbocycles. The predicted octanol–water partition coefficient (Wildman–Crippen LogP) is 6.37. The molecule has 3 aliphatic heterocycles. The third-order valence-electron chi connectivity index (χ3n) is 9.69. The first-order valence-corrected chi connectivity index (χ1v) is 21.8. The van der Waals surface area contributed by atoms with E-state index in [0.717, 1.165) is 78.2 Å². The van der Waals surface area contributed by atoms with Crippen LogP contribution in [0.1, 0.15) is 33.6 Å². The molecule has 1 amide bonds. The van der Waals surface area contributed by atoms with Crippen molar-refractivity contribution in [2.45, 2.75) is 83.7 Å². The van der Waals surface area contributed by atoms with Gasteiger partial charge in [0, 0.05) is 46.5 Å². The van der Waals surface area contributed by atoms with Crippen LogP contribution in [0.4, 0.5) is 27.9 Å². The number of carbonyl (C=O) groups excluding carboxylic acids is 1. The van der Waals surface area contributed by atoms with Gasteiger partial charge >= 0.3 is 6.09 Å². The number of nitrogens with zero attached hydrogens (tertiary/aromatic N) is 8. The number of aromatic nitrogens is 5. The van der Waals surface area contributed by atoms with Crippen molar-refractivity contribution in [2.75, 3.05) is 61.1 Å². The maximum absolute atomic E-state index is 12.4. The van der Waals surface area contributed by atoms with E-state index in [9.17, 15) is 4.79 Å². The number of benzene rings is 1. The van der Waals surface area contributed by atoms with Crippen LogP contribution in [0, 0.1) is 0 Å². The van der Waals surface area contributed by atoms with Crippen LogP contribution in [0.3, 0.4) is 0 Å². The summed E-state index contributed by atoms with van der Waals surface area (Å²) in [7, 11) is -1.23. The van der Waals surface area contributed by atoms with Gasteiger partial charge in [-0.15, -0.1) is 0 Å². The zero-order chi connectivity index (χ0) is 35.8. The number of piperazine rings is 1. The van der Waals surface area contributed by atoms with Crippen molar-refractivity contribution < 1.29 is 19.0 Å². The first kappa shape index (κ1) is 35.1. The fourth-order valence-corrected chi connectivity index (χ4v) is 7.75. The number of carbonyl (C=O) groups is 1. The van der Waals surface area contributed by atoms with Crippen LogP contribution >= 0.6 is 0 Å². The lowest BCUT2D eigenvalue weighted by Gasteiger charge is -2.35. The summed E-state index contributed by atoms with van der Waals surface area (Å²) in [6, 6.07) is 12.4. The number of ether oxygens (including phenoxy) is 3. The molecular weight excluding hydrogens is 663 g/mol. The molecule has 3 fully saturated rings. The van der Waals surface area contributed by atoms with Crippen LogP contribution < -0.4 is 15.1 Å². The van der Waals surface area contributed by atoms with Crippen molar-refractivity contribution >= 4 is 48.3 Å². The molecule has 13 nitrogen and oxygen atoms in total. The molecule has 1 N–H and O–H groups in total. The Morgan fingerprint density at radius 2 is 1.63 bits per heavy atom. The molecule has 2 bridgehead atoms. The van der Waals surface area contributed by atoms with E-state index < -0.39 is 13.7 Å². The Balaban J connectivity index is 1.06. The van der Waals surface area contributed by atoms with Gasteiger partial charge in [0.1, 0.15) is 30.1 Å². The van der Waals surface area contributed by atoms with Crippen LogP contribution in [0.5, 0.6) is 0 Å². The van der Waals surface area contributed by atoms with Gasteiger partial charge in [0.15, 0.2) is 0 Å². The summed E-state index contributed by atoms with van der Waals surface area (Å²) in [5.74, 6) is 1.64. The Labute approximate surface area is 301 Å². The molecule has 0 aliphatic carbocycles. The van der Waals surface area contributed by atoms with Crippen molar-refractivity contribution in [3.05, 3.63) is 49.1 Å². The quantitative estimate of drug-likeness (QED) is 0.146. The van der Waals surface area contributed by atoms with Crippen LogP contribution in [0.2, 0.25) is 25.7 Å². The number of morpholine rings is 1. The molecule has 3 aliphatic rings. The van der Waals surface area contributed by atoms with Gasteiger partial charge in [0.2, 0.25) is 5.95 Å². The summed E-state index contributed by atoms with van der Waals surface area (Å²) in [6.45, 7) is 17.8. The topological polar surface area (TPSA) is 123 Å². The molecule has 3 aromatic heterocycles. The van der Waals surface area contributed by atoms with Gasteiger partial charge in [-0.05, 0) is 63.4 Å². The molecule has 6 heterocycles. The Morgan fingerprint density at radius 1 is 0.941 bits per heavy atom. The van der Waals surface area contributed by atoms with Crippen molar-refractivity contribution in [2.24, 2.45) is 0 Å². The Bertz CT molecular complexity index is 1800. The molecule has 7 rings (SSSR count). The molecule has 4 aromatic rings. The average Bonchev–Trinajstić information content (AvgIpc) is 3.58. The third kappa shape index (κ3) is 8.13. The number of nitrogens with one attached hydrogen (secondary N) is 1. The Hall–Kier alpha value is -4.27. The Morgan fingerprint density at radius 3 is 2.27 bits per heavy atom. The predicted molar refractivity (Wildman–Crippen MR) is 203 cm³/mol. The fourth-order valence-electron chi connectivity index (χ4n) is 6.99. The largest absolute Gasteiger partial charge is 0.444 e. The van der Waals surface area contributed by atoms with Crippen LogP contribution in [0.15, 0.2) is 49.1 Å². The average molecular weight is 714 g/mol. The molecule has 0 saturated carbocycles. The molecule has 2 unspecified atom stereocenters. The van der Waals surface area contributed by atoms with E-state index in [4.69, 9.17) is 24.2 Å². The molecule has 0 spiro atoms. The van der Waals surface area contributed by atoms with E-state index in [0.29, 0.717) is 50.9 Å². The zero-order valence-electron chi connectivity index (χ0n) is 30.8. The van der Waals surface area contributed by atoms with Crippen molar-refractivity contribution in [1.82, 2.24) is 29.4 Å². The minimum atomic E-state index is -1.23. The molecule has 0 radical (unpaired) electrons. The SMILES string of the molecule is CC(C)(C)OC(=O)N1CCN(c2ncc(Nc3ccc(-c4cc5c(N6C7CCC6COC7)ncnc5n4COCC[Si](C)(C)C)cc3)cn2)CC1. The van der Waals surface area contributed by atoms with E-state index in [1.54, 1.807) is 23.6 Å². The number of rotatable bonds is 10. The highest BCUT2D eigenvalue weighted by molar-refractivity contribution is 6.76. The number of amides is 1. The zero-order valence-corrected chi connectivity index (χ0v) is 31.8. The standard InChI is InChI=1S/C37H51N9O4Si/c1-37(2,3)50-36(47)44-15-13-43(14-16-44)35-38-20-28(21-39-35)42-27-9-7-26(8-10-27)32-19-31-33(45(32)25-48-17-18-51(4,5)6)40-24-41-34(31)46-29-11-12-30(46)23-49-22-29/h7-10,19-21,24,29-30,42H,11-18,22-23,25H2,1-6H3. The number of hydrogen-bond donors (Lipinski definition) is 1. The summed E-state index contributed by atoms with van der Waals surface area (Å²) >= 11 is 0. The first-order chi connectivity index (χ1) is 24.4. The highest BCUT2D eigenvalue weighted by Crippen LogP contribution is 2.39. The lowest BCUT2D eigenvalue weighted by Crippen LogP contribution is -2.50. The Kier molecular flexibility index (Phi) is 9.92. The highest BCUT2D eigenvalue weighted by atomic mass is 28.3. The minimum absolute atomic E-state index is 0.279. The number of fused-ring (bicyclic) bond motifs is 3. The van der Waals surface area contributed by atoms with Crippen LogP contribution in [0.25, 0.3) is 22.3 Å². The van der Waals surface area contributed by atoms with Crippen LogP contribution in [-0.4, -0.2) is 107 Å². The second kappa shape index (κ2) is 14.4. The molecule has 3 saturated heterocycles. The van der Waals surface area contributed by atoms with Gasteiger partial charge < -0.3 is 38.8 Å². The van der Waals surface area contributed by atoms with Gasteiger partial charge in [-0.25, -0.2) is 24.7 Å². The number of anilines is 4. The number of hydrogen-bond acceptors (Lipinski definition) is 11. The smallest absolute Gasteiger partial charge is 0.410 e. The molecule has 51 heavy (non-hydrogen) atoms. The molecule has 14 heteroatoms. The van der Waals surface area contributed by atoms with Crippen molar-refractivity contribution in [3.8, 4) is 11.3 Å². The van der Waals surface area contributed by atoms with Gasteiger partial charge in [-0.1, -0.05) is 31.8 Å². The monoisotopic (exact) mass is 713 g/mol. The van der Waals surface area contributed by atoms with E-state index in [1.807, 2.05) is 20.8 Å². The van der Waals surface area contributed by atoms with E-state index in [1.165, 1.54) is 0 Å². The summed E-state index contributed by atoms with van der Waals surface area (Å²) in [5, 5.41) is 4.49. The maximum Gasteiger partial charge on any atom is 0.410 e. The minimum Gasteiger partial charge on any atom is -0.444 e. The van der Waals surface area contributed by atoms with Crippen molar-refractivity contribution in [1.29, 1.82) is 0 Å². The van der Waals surface area contributed by atoms with Gasteiger partial charge in [0.05, 0.1) is 54.5 Å². The fraction of sp³-hybridized carbons (Fsp3) is 0.541. The molecule has 272 valence electrons. The third-order valence-corrected chi connectivity index (χ3v) is 11.4. The van der Waals surface area contributed by atoms with Gasteiger partial charge in [0.25, 0.3) is 0 Å². The molecular formula is C37H51N9O4Si. The second-order valence-electron chi connectivity index (χ2n) is 16.0. The highest BCUT2D eigenvalue weighted by Gasteiger charge is 2.39. The summed E-state index contributed by atoms with van der Waals surface area (Å²) < 4.78 is 19.9. The lowest BCUT2D eigenvalue weighted by molar-refractivity contribution is 0.0240. The normalized spacial score (nSPS) is 19.5. The van der Waals surface area contributed by atoms with Crippen LogP contribution in [-0.2, 0) is 20.9 Å². The maximum atomic E-state index is 12.4. The van der Waals surface area contributed by atoms with Gasteiger partial charge in [-0.3, -0.25) is 0 Å². The summed E-state index contributed by atoms with van der Waals surface area (Å²) in [4.78, 5) is 37.6. The van der Waals surface area contributed by atoms with Gasteiger partial charge in [-0.2, -0.15) is 0 Å². The summed E-state index contributed by atoms with van der Waals surface area (Å²) in [5.41, 5.74) is 4.22. The van der Waals surface area contributed by atoms with E-state index in [2.05, 4.69) is 79.6 Å². The second-order valence-corrected chi connectivity index (χ2v) is 21.6. The first-order valence-electron chi connectivity index (χ1n) is 18.1.